The quantitative estimate of drug-likeness (QED) is 0.229. The van der Waals surface area contributed by atoms with Crippen LogP contribution >= 0.6 is 24.0 Å². The van der Waals surface area contributed by atoms with E-state index >= 15 is 0 Å². The van der Waals surface area contributed by atoms with Crippen LogP contribution in [0.3, 0.4) is 0 Å². The second-order valence-corrected chi connectivity index (χ2v) is 6.10. The molecule has 0 aliphatic carbocycles. The lowest BCUT2D eigenvalue weighted by Gasteiger charge is -2.18. The van der Waals surface area contributed by atoms with E-state index in [0.29, 0.717) is 24.8 Å². The number of hydrogen-bond acceptors (Lipinski definition) is 4. The van der Waals surface area contributed by atoms with Gasteiger partial charge in [0.1, 0.15) is 17.7 Å². The fourth-order valence-corrected chi connectivity index (χ4v) is 2.19. The number of ether oxygens (including phenoxy) is 2. The second-order valence-electron chi connectivity index (χ2n) is 6.10. The van der Waals surface area contributed by atoms with Crippen molar-refractivity contribution in [2.45, 2.75) is 25.7 Å². The van der Waals surface area contributed by atoms with E-state index in [9.17, 15) is 17.6 Å². The first-order chi connectivity index (χ1) is 13.7. The smallest absolute Gasteiger partial charge is 0.422 e. The minimum atomic E-state index is -4.41. The molecular weight excluding hydrogens is 519 g/mol. The van der Waals surface area contributed by atoms with Crippen LogP contribution in [0.2, 0.25) is 0 Å². The molecule has 30 heavy (non-hydrogen) atoms. The van der Waals surface area contributed by atoms with Gasteiger partial charge in [-0.25, -0.2) is 9.37 Å². The molecule has 0 radical (unpaired) electrons. The van der Waals surface area contributed by atoms with Crippen LogP contribution in [0.4, 0.5) is 17.6 Å². The Hall–Kier alpha value is -2.31. The number of rotatable bonds is 8. The highest BCUT2D eigenvalue weighted by Crippen LogP contribution is 2.17. The van der Waals surface area contributed by atoms with Crippen molar-refractivity contribution < 1.29 is 27.0 Å². The summed E-state index contributed by atoms with van der Waals surface area (Å²) in [6.07, 6.45) is -3.19. The van der Waals surface area contributed by atoms with Crippen molar-refractivity contribution >= 4 is 29.9 Å². The van der Waals surface area contributed by atoms with Gasteiger partial charge < -0.3 is 20.1 Å². The van der Waals surface area contributed by atoms with E-state index in [1.807, 2.05) is 6.92 Å². The lowest BCUT2D eigenvalue weighted by atomic mass is 10.3. The molecular formula is C19H23F4IN4O2. The first kappa shape index (κ1) is 25.7. The molecule has 6 nitrogen and oxygen atoms in total. The number of hydrogen-bond donors (Lipinski definition) is 2. The Kier molecular flexibility index (Phi) is 10.6. The molecule has 0 spiro atoms. The van der Waals surface area contributed by atoms with Crippen molar-refractivity contribution in [2.75, 3.05) is 20.2 Å². The summed E-state index contributed by atoms with van der Waals surface area (Å²) in [5.74, 6) is 0.641. The van der Waals surface area contributed by atoms with Crippen LogP contribution in [0, 0.1) is 5.82 Å². The Labute approximate surface area is 189 Å². The fourth-order valence-electron chi connectivity index (χ4n) is 2.19. The summed E-state index contributed by atoms with van der Waals surface area (Å²) in [4.78, 5) is 7.93. The summed E-state index contributed by atoms with van der Waals surface area (Å²) < 4.78 is 59.5. The molecule has 2 N–H and O–H groups in total. The zero-order valence-electron chi connectivity index (χ0n) is 16.4. The molecule has 0 aliphatic heterocycles. The maximum absolute atomic E-state index is 12.9. The Bertz CT molecular complexity index is 787. The van der Waals surface area contributed by atoms with Crippen LogP contribution in [0.1, 0.15) is 12.5 Å². The molecule has 166 valence electrons. The maximum atomic E-state index is 12.9. The average Bonchev–Trinajstić information content (AvgIpc) is 2.68. The Morgan fingerprint density at radius 2 is 1.83 bits per heavy atom. The summed E-state index contributed by atoms with van der Waals surface area (Å²) >= 11 is 0. The predicted octanol–water partition coefficient (Wildman–Crippen LogP) is 3.91. The maximum Gasteiger partial charge on any atom is 0.422 e. The van der Waals surface area contributed by atoms with E-state index in [-0.39, 0.29) is 41.8 Å². The molecule has 0 saturated carbocycles. The van der Waals surface area contributed by atoms with Gasteiger partial charge in [-0.3, -0.25) is 4.99 Å². The molecule has 2 aromatic rings. The van der Waals surface area contributed by atoms with Gasteiger partial charge in [0.25, 0.3) is 0 Å². The summed E-state index contributed by atoms with van der Waals surface area (Å²) in [5, 5.41) is 6.15. The minimum Gasteiger partial charge on any atom is -0.489 e. The highest BCUT2D eigenvalue weighted by Gasteiger charge is 2.28. The molecule has 1 unspecified atom stereocenters. The minimum absolute atomic E-state index is 0. The number of halogens is 5. The normalized spacial score (nSPS) is 12.5. The summed E-state index contributed by atoms with van der Waals surface area (Å²) in [5.41, 5.74) is 0.739. The molecule has 1 atom stereocenters. The number of aromatic nitrogens is 1. The SMILES string of the molecule is CN=C(NCc1ccc(OCC(F)(F)F)nc1)NCC(C)Oc1ccc(F)cc1.I. The van der Waals surface area contributed by atoms with Crippen LogP contribution in [0.5, 0.6) is 11.6 Å². The van der Waals surface area contributed by atoms with Gasteiger partial charge in [-0.1, -0.05) is 6.07 Å². The van der Waals surface area contributed by atoms with Crippen LogP contribution in [0.15, 0.2) is 47.6 Å². The summed E-state index contributed by atoms with van der Waals surface area (Å²) in [7, 11) is 1.60. The number of pyridine rings is 1. The zero-order chi connectivity index (χ0) is 21.3. The predicted molar refractivity (Wildman–Crippen MR) is 116 cm³/mol. The molecule has 0 aliphatic rings. The van der Waals surface area contributed by atoms with E-state index in [2.05, 4.69) is 25.3 Å². The molecule has 0 bridgehead atoms. The fraction of sp³-hybridized carbons (Fsp3) is 0.368. The number of guanidine groups is 1. The van der Waals surface area contributed by atoms with Crippen LogP contribution in [-0.4, -0.2) is 43.4 Å². The van der Waals surface area contributed by atoms with Gasteiger partial charge >= 0.3 is 6.18 Å². The van der Waals surface area contributed by atoms with Gasteiger partial charge in [-0.15, -0.1) is 24.0 Å². The van der Waals surface area contributed by atoms with E-state index < -0.39 is 12.8 Å². The molecule has 2 rings (SSSR count). The van der Waals surface area contributed by atoms with Gasteiger partial charge in [0.15, 0.2) is 12.6 Å². The number of benzene rings is 1. The van der Waals surface area contributed by atoms with Gasteiger partial charge in [-0.05, 0) is 36.8 Å². The van der Waals surface area contributed by atoms with E-state index in [1.165, 1.54) is 24.4 Å². The first-order valence-corrected chi connectivity index (χ1v) is 8.76. The van der Waals surface area contributed by atoms with Crippen molar-refractivity contribution in [1.82, 2.24) is 15.6 Å². The topological polar surface area (TPSA) is 67.8 Å². The number of nitrogens with zero attached hydrogens (tertiary/aromatic N) is 2. The Morgan fingerprint density at radius 3 is 2.40 bits per heavy atom. The van der Waals surface area contributed by atoms with E-state index in [4.69, 9.17) is 4.74 Å². The number of nitrogens with one attached hydrogen (secondary N) is 2. The average molecular weight is 542 g/mol. The summed E-state index contributed by atoms with van der Waals surface area (Å²) in [6.45, 7) is 1.28. The van der Waals surface area contributed by atoms with Crippen LogP contribution in [-0.2, 0) is 6.54 Å². The molecule has 0 saturated heterocycles. The Balaban J connectivity index is 0.00000450. The largest absolute Gasteiger partial charge is 0.489 e. The molecule has 1 aromatic heterocycles. The third kappa shape index (κ3) is 9.94. The highest BCUT2D eigenvalue weighted by atomic mass is 127. The lowest BCUT2D eigenvalue weighted by molar-refractivity contribution is -0.154. The Morgan fingerprint density at radius 1 is 1.13 bits per heavy atom. The number of alkyl halides is 3. The monoisotopic (exact) mass is 542 g/mol. The van der Waals surface area contributed by atoms with E-state index in [1.54, 1.807) is 25.2 Å². The lowest BCUT2D eigenvalue weighted by Crippen LogP contribution is -2.41. The van der Waals surface area contributed by atoms with Crippen molar-refractivity contribution in [3.8, 4) is 11.6 Å². The van der Waals surface area contributed by atoms with Gasteiger partial charge in [0.05, 0.1) is 6.54 Å². The number of aliphatic imine (C=N–C) groups is 1. The summed E-state index contributed by atoms with van der Waals surface area (Å²) in [6, 6.07) is 8.73. The van der Waals surface area contributed by atoms with Crippen molar-refractivity contribution in [3.05, 3.63) is 54.0 Å². The van der Waals surface area contributed by atoms with Gasteiger partial charge in [0.2, 0.25) is 5.88 Å². The van der Waals surface area contributed by atoms with Gasteiger partial charge in [0, 0.05) is 25.9 Å². The third-order valence-electron chi connectivity index (χ3n) is 3.57. The van der Waals surface area contributed by atoms with Crippen LogP contribution < -0.4 is 20.1 Å². The van der Waals surface area contributed by atoms with E-state index in [0.717, 1.165) is 5.56 Å². The van der Waals surface area contributed by atoms with Crippen molar-refractivity contribution in [2.24, 2.45) is 4.99 Å². The highest BCUT2D eigenvalue weighted by molar-refractivity contribution is 14.0. The molecule has 0 fully saturated rings. The first-order valence-electron chi connectivity index (χ1n) is 8.76. The third-order valence-corrected chi connectivity index (χ3v) is 3.57. The second kappa shape index (κ2) is 12.4. The molecule has 1 heterocycles. The molecule has 1 aromatic carbocycles. The molecule has 0 amide bonds. The molecule has 11 heteroatoms. The van der Waals surface area contributed by atoms with Crippen molar-refractivity contribution in [3.63, 3.8) is 0 Å². The standard InChI is InChI=1S/C19H22F4N4O2.HI/c1-13(29-16-6-4-15(20)5-7-16)9-26-18(24-2)27-11-14-3-8-17(25-10-14)28-12-19(21,22)23;/h3-8,10,13H,9,11-12H2,1-2H3,(H2,24,26,27);1H. The van der Waals surface area contributed by atoms with Gasteiger partial charge in [-0.2, -0.15) is 13.2 Å². The zero-order valence-corrected chi connectivity index (χ0v) is 18.7. The van der Waals surface area contributed by atoms with Crippen LogP contribution in [0.25, 0.3) is 0 Å². The van der Waals surface area contributed by atoms with Crippen molar-refractivity contribution in [1.29, 1.82) is 0 Å².